The topological polar surface area (TPSA) is 78.9 Å². The summed E-state index contributed by atoms with van der Waals surface area (Å²) in [5.41, 5.74) is 0. The summed E-state index contributed by atoms with van der Waals surface area (Å²) >= 11 is 0. The molecular formula is C50H76O6. The molecule has 0 aromatic heterocycles. The predicted octanol–water partition coefficient (Wildman–Crippen LogP) is 13.8. The molecule has 6 nitrogen and oxygen atoms in total. The lowest BCUT2D eigenvalue weighted by Gasteiger charge is -2.18. The summed E-state index contributed by atoms with van der Waals surface area (Å²) in [6, 6.07) is 0. The minimum atomic E-state index is -0.832. The fraction of sp³-hybridized carbons (Fsp3) is 0.540. The first-order valence-corrected chi connectivity index (χ1v) is 21.7. The Balaban J connectivity index is 4.61. The van der Waals surface area contributed by atoms with Gasteiger partial charge >= 0.3 is 17.9 Å². The molecule has 0 saturated carbocycles. The second kappa shape index (κ2) is 43.5. The average Bonchev–Trinajstić information content (AvgIpc) is 3.19. The zero-order valence-corrected chi connectivity index (χ0v) is 35.3. The molecule has 0 fully saturated rings. The zero-order chi connectivity index (χ0) is 40.8. The summed E-state index contributed by atoms with van der Waals surface area (Å²) in [6.45, 7) is 6.19. The quantitative estimate of drug-likeness (QED) is 0.0273. The van der Waals surface area contributed by atoms with Crippen molar-refractivity contribution in [2.24, 2.45) is 0 Å². The van der Waals surface area contributed by atoms with Crippen LogP contribution in [0.3, 0.4) is 0 Å². The Morgan fingerprint density at radius 1 is 0.375 bits per heavy atom. The van der Waals surface area contributed by atoms with E-state index in [0.717, 1.165) is 64.2 Å². The van der Waals surface area contributed by atoms with Gasteiger partial charge in [0.05, 0.1) is 0 Å². The van der Waals surface area contributed by atoms with Gasteiger partial charge in [-0.1, -0.05) is 206 Å². The lowest BCUT2D eigenvalue weighted by Crippen LogP contribution is -2.30. The Hall–Kier alpha value is -4.19. The number of unbranched alkanes of at least 4 members (excludes halogenated alkanes) is 13. The van der Waals surface area contributed by atoms with Crippen LogP contribution in [-0.2, 0) is 28.6 Å². The van der Waals surface area contributed by atoms with E-state index < -0.39 is 12.1 Å². The van der Waals surface area contributed by atoms with E-state index in [1.807, 2.05) is 103 Å². The van der Waals surface area contributed by atoms with Crippen LogP contribution in [0.4, 0.5) is 0 Å². The second-order valence-corrected chi connectivity index (χ2v) is 13.7. The summed E-state index contributed by atoms with van der Waals surface area (Å²) in [4.78, 5) is 37.6. The molecule has 56 heavy (non-hydrogen) atoms. The number of hydrogen-bond donors (Lipinski definition) is 0. The molecule has 0 aromatic rings. The number of ether oxygens (including phenoxy) is 3. The number of carbonyl (C=O) groups excluding carboxylic acids is 3. The minimum absolute atomic E-state index is 0.124. The van der Waals surface area contributed by atoms with Crippen LogP contribution in [-0.4, -0.2) is 37.2 Å². The van der Waals surface area contributed by atoms with Crippen molar-refractivity contribution in [2.75, 3.05) is 13.2 Å². The third kappa shape index (κ3) is 41.0. The smallest absolute Gasteiger partial charge is 0.306 e. The van der Waals surface area contributed by atoms with Gasteiger partial charge in [0.2, 0.25) is 0 Å². The standard InChI is InChI=1S/C50H76O6/c1-4-7-10-13-16-19-22-24-25-27-28-31-34-37-40-43-49(52)55-46-47(45-54-48(51)42-39-36-33-30-21-18-15-12-9-6-3)56-50(53)44-41-38-35-32-29-26-23-20-17-14-11-8-5-2/h7-8,10-11,13-14,16-17,19-20,22-29,32,35,47H,4-6,9,12,15,18,21,30-31,33-34,36-46H2,1-3H3/b10-7-,11-8-,16-13-,17-14-,22-19-,23-20-,25-24-,28-27-,29-26-,35-32-. The van der Waals surface area contributed by atoms with Gasteiger partial charge in [-0.2, -0.15) is 0 Å². The van der Waals surface area contributed by atoms with Gasteiger partial charge in [0.1, 0.15) is 13.2 Å². The molecule has 0 aromatic carbocycles. The molecule has 0 rings (SSSR count). The predicted molar refractivity (Wildman–Crippen MR) is 237 cm³/mol. The molecule has 1 unspecified atom stereocenters. The van der Waals surface area contributed by atoms with E-state index in [1.165, 1.54) is 44.9 Å². The number of esters is 3. The zero-order valence-electron chi connectivity index (χ0n) is 35.3. The largest absolute Gasteiger partial charge is 0.462 e. The van der Waals surface area contributed by atoms with Crippen LogP contribution in [0.25, 0.3) is 0 Å². The molecule has 6 heteroatoms. The van der Waals surface area contributed by atoms with Crippen LogP contribution in [0.2, 0.25) is 0 Å². The van der Waals surface area contributed by atoms with E-state index in [9.17, 15) is 14.4 Å². The summed E-state index contributed by atoms with van der Waals surface area (Å²) in [5.74, 6) is -1.06. The molecule has 0 aliphatic heterocycles. The van der Waals surface area contributed by atoms with E-state index in [2.05, 4.69) is 39.0 Å². The number of hydrogen-bond acceptors (Lipinski definition) is 6. The van der Waals surface area contributed by atoms with Crippen molar-refractivity contribution in [3.63, 3.8) is 0 Å². The number of rotatable bonds is 36. The van der Waals surface area contributed by atoms with Crippen LogP contribution < -0.4 is 0 Å². The van der Waals surface area contributed by atoms with Crippen molar-refractivity contribution in [3.8, 4) is 0 Å². The Bertz CT molecular complexity index is 1260. The fourth-order valence-electron chi connectivity index (χ4n) is 5.26. The molecule has 0 N–H and O–H groups in total. The first-order valence-electron chi connectivity index (χ1n) is 21.7. The van der Waals surface area contributed by atoms with E-state index in [1.54, 1.807) is 0 Å². The normalized spacial score (nSPS) is 13.3. The maximum Gasteiger partial charge on any atom is 0.306 e. The van der Waals surface area contributed by atoms with Crippen LogP contribution >= 0.6 is 0 Å². The molecule has 0 bridgehead atoms. The monoisotopic (exact) mass is 773 g/mol. The average molecular weight is 773 g/mol. The Morgan fingerprint density at radius 3 is 1.14 bits per heavy atom. The highest BCUT2D eigenvalue weighted by Crippen LogP contribution is 2.12. The van der Waals surface area contributed by atoms with Gasteiger partial charge in [-0.05, 0) is 51.4 Å². The lowest BCUT2D eigenvalue weighted by atomic mass is 10.1. The van der Waals surface area contributed by atoms with Crippen LogP contribution in [0, 0.1) is 0 Å². The van der Waals surface area contributed by atoms with Crippen molar-refractivity contribution >= 4 is 17.9 Å². The SMILES string of the molecule is CC\C=C/C=C\C=C/C=C\C=C/CCCCCC(=O)OCC(COC(=O)CCCCCCCCCCCC)OC(=O)CCC\C=C/C=C\C=C/C=C\C=C/CC. The molecule has 0 radical (unpaired) electrons. The van der Waals surface area contributed by atoms with Crippen LogP contribution in [0.15, 0.2) is 122 Å². The molecule has 312 valence electrons. The van der Waals surface area contributed by atoms with Gasteiger partial charge in [-0.15, -0.1) is 0 Å². The van der Waals surface area contributed by atoms with Gasteiger partial charge in [-0.25, -0.2) is 0 Å². The van der Waals surface area contributed by atoms with E-state index in [-0.39, 0.29) is 38.0 Å². The Morgan fingerprint density at radius 2 is 0.714 bits per heavy atom. The van der Waals surface area contributed by atoms with Crippen LogP contribution in [0.1, 0.15) is 156 Å². The highest BCUT2D eigenvalue weighted by atomic mass is 16.6. The van der Waals surface area contributed by atoms with Gasteiger partial charge in [0.25, 0.3) is 0 Å². The molecule has 1 atom stereocenters. The van der Waals surface area contributed by atoms with Crippen molar-refractivity contribution in [3.05, 3.63) is 122 Å². The fourth-order valence-corrected chi connectivity index (χ4v) is 5.26. The number of allylic oxidation sites excluding steroid dienone is 20. The maximum atomic E-state index is 12.7. The highest BCUT2D eigenvalue weighted by Gasteiger charge is 2.19. The third-order valence-electron chi connectivity index (χ3n) is 8.47. The van der Waals surface area contributed by atoms with E-state index in [4.69, 9.17) is 14.2 Å². The summed E-state index contributed by atoms with van der Waals surface area (Å²) < 4.78 is 16.6. The first kappa shape index (κ1) is 51.8. The van der Waals surface area contributed by atoms with Crippen molar-refractivity contribution in [2.45, 2.75) is 162 Å². The molecule has 0 heterocycles. The second-order valence-electron chi connectivity index (χ2n) is 13.7. The molecular weight excluding hydrogens is 697 g/mol. The van der Waals surface area contributed by atoms with Crippen molar-refractivity contribution in [1.82, 2.24) is 0 Å². The van der Waals surface area contributed by atoms with Crippen LogP contribution in [0.5, 0.6) is 0 Å². The van der Waals surface area contributed by atoms with Gasteiger partial charge in [0.15, 0.2) is 6.10 Å². The molecule has 0 amide bonds. The Kier molecular flexibility index (Phi) is 40.3. The van der Waals surface area contributed by atoms with Gasteiger partial charge < -0.3 is 14.2 Å². The summed E-state index contributed by atoms with van der Waals surface area (Å²) in [7, 11) is 0. The van der Waals surface area contributed by atoms with Gasteiger partial charge in [-0.3, -0.25) is 14.4 Å². The Labute approximate surface area is 342 Å². The summed E-state index contributed by atoms with van der Waals surface area (Å²) in [5, 5.41) is 0. The van der Waals surface area contributed by atoms with Crippen molar-refractivity contribution in [1.29, 1.82) is 0 Å². The highest BCUT2D eigenvalue weighted by molar-refractivity contribution is 5.71. The molecule has 0 saturated heterocycles. The summed E-state index contributed by atoms with van der Waals surface area (Å²) in [6.07, 6.45) is 59.0. The minimum Gasteiger partial charge on any atom is -0.462 e. The lowest BCUT2D eigenvalue weighted by molar-refractivity contribution is -0.167. The molecule has 0 spiro atoms. The van der Waals surface area contributed by atoms with Gasteiger partial charge in [0, 0.05) is 19.3 Å². The molecule has 0 aliphatic rings. The maximum absolute atomic E-state index is 12.7. The van der Waals surface area contributed by atoms with Crippen molar-refractivity contribution < 1.29 is 28.6 Å². The first-order chi connectivity index (χ1) is 27.5. The third-order valence-corrected chi connectivity index (χ3v) is 8.47. The molecule has 0 aliphatic carbocycles. The van der Waals surface area contributed by atoms with E-state index >= 15 is 0 Å². The van der Waals surface area contributed by atoms with E-state index in [0.29, 0.717) is 12.8 Å². The number of carbonyl (C=O) groups is 3.